The molecule has 13 heavy (non-hydrogen) atoms. The molecule has 0 aliphatic heterocycles. The molecule has 0 spiro atoms. The van der Waals surface area contributed by atoms with Gasteiger partial charge in [0, 0.05) is 18.3 Å². The largest absolute Gasteiger partial charge is 0.306 e. The van der Waals surface area contributed by atoms with Crippen LogP contribution in [0.3, 0.4) is 0 Å². The SMILES string of the molecule is CC(NC1CC1)c1ccc(Cl)cn1. The minimum Gasteiger partial charge on any atom is -0.306 e. The van der Waals surface area contributed by atoms with E-state index in [9.17, 15) is 0 Å². The fraction of sp³-hybridized carbons (Fsp3) is 0.500. The molecule has 1 atom stereocenters. The number of nitrogens with zero attached hydrogens (tertiary/aromatic N) is 1. The van der Waals surface area contributed by atoms with Crippen molar-refractivity contribution in [2.75, 3.05) is 0 Å². The van der Waals surface area contributed by atoms with Crippen molar-refractivity contribution in [3.63, 3.8) is 0 Å². The first-order valence-electron chi connectivity index (χ1n) is 4.63. The molecule has 1 aromatic heterocycles. The Morgan fingerprint density at radius 2 is 2.31 bits per heavy atom. The van der Waals surface area contributed by atoms with E-state index in [-0.39, 0.29) is 0 Å². The van der Waals surface area contributed by atoms with Gasteiger partial charge in [0.2, 0.25) is 0 Å². The van der Waals surface area contributed by atoms with E-state index in [1.807, 2.05) is 12.1 Å². The Bertz CT molecular complexity index is 279. The summed E-state index contributed by atoms with van der Waals surface area (Å²) in [5.41, 5.74) is 1.07. The maximum Gasteiger partial charge on any atom is 0.0589 e. The Hall–Kier alpha value is -0.600. The van der Waals surface area contributed by atoms with Crippen LogP contribution in [0, 0.1) is 0 Å². The zero-order valence-corrected chi connectivity index (χ0v) is 8.38. The summed E-state index contributed by atoms with van der Waals surface area (Å²) in [5.74, 6) is 0. The highest BCUT2D eigenvalue weighted by Gasteiger charge is 2.23. The Morgan fingerprint density at radius 1 is 1.54 bits per heavy atom. The lowest BCUT2D eigenvalue weighted by Gasteiger charge is -2.11. The van der Waals surface area contributed by atoms with E-state index in [2.05, 4.69) is 17.2 Å². The van der Waals surface area contributed by atoms with Gasteiger partial charge in [-0.25, -0.2) is 0 Å². The summed E-state index contributed by atoms with van der Waals surface area (Å²) in [4.78, 5) is 4.26. The summed E-state index contributed by atoms with van der Waals surface area (Å²) in [5, 5.41) is 4.18. The molecule has 1 fully saturated rings. The molecule has 0 bridgehead atoms. The first-order valence-corrected chi connectivity index (χ1v) is 5.01. The van der Waals surface area contributed by atoms with Gasteiger partial charge in [0.25, 0.3) is 0 Å². The number of halogens is 1. The molecule has 70 valence electrons. The summed E-state index contributed by atoms with van der Waals surface area (Å²) in [6, 6.07) is 4.91. The van der Waals surface area contributed by atoms with Gasteiger partial charge in [-0.05, 0) is 31.9 Å². The first kappa shape index (κ1) is 8.97. The van der Waals surface area contributed by atoms with Crippen LogP contribution in [0.1, 0.15) is 31.5 Å². The van der Waals surface area contributed by atoms with E-state index < -0.39 is 0 Å². The van der Waals surface area contributed by atoms with Crippen LogP contribution in [0.15, 0.2) is 18.3 Å². The highest BCUT2D eigenvalue weighted by atomic mass is 35.5. The first-order chi connectivity index (χ1) is 6.25. The number of hydrogen-bond donors (Lipinski definition) is 1. The average molecular weight is 197 g/mol. The molecule has 1 saturated carbocycles. The normalized spacial score (nSPS) is 18.6. The van der Waals surface area contributed by atoms with Gasteiger partial charge in [0.15, 0.2) is 0 Å². The second-order valence-electron chi connectivity index (χ2n) is 3.56. The molecule has 0 aromatic carbocycles. The number of rotatable bonds is 3. The molecule has 1 aromatic rings. The van der Waals surface area contributed by atoms with Gasteiger partial charge in [-0.3, -0.25) is 4.98 Å². The summed E-state index contributed by atoms with van der Waals surface area (Å²) in [6.07, 6.45) is 4.30. The highest BCUT2D eigenvalue weighted by molar-refractivity contribution is 6.30. The second kappa shape index (κ2) is 3.64. The molecule has 1 N–H and O–H groups in total. The van der Waals surface area contributed by atoms with Crippen LogP contribution in [0.5, 0.6) is 0 Å². The molecule has 2 nitrogen and oxygen atoms in total. The zero-order valence-electron chi connectivity index (χ0n) is 7.63. The Kier molecular flexibility index (Phi) is 2.51. The highest BCUT2D eigenvalue weighted by Crippen LogP contribution is 2.23. The lowest BCUT2D eigenvalue weighted by atomic mass is 10.2. The summed E-state index contributed by atoms with van der Waals surface area (Å²) < 4.78 is 0. The number of aromatic nitrogens is 1. The van der Waals surface area contributed by atoms with E-state index in [1.165, 1.54) is 12.8 Å². The summed E-state index contributed by atoms with van der Waals surface area (Å²) in [7, 11) is 0. The molecule has 0 amide bonds. The molecule has 1 unspecified atom stereocenters. The second-order valence-corrected chi connectivity index (χ2v) is 4.00. The van der Waals surface area contributed by atoms with Crippen LogP contribution in [0.25, 0.3) is 0 Å². The Balaban J connectivity index is 2.01. The van der Waals surface area contributed by atoms with Crippen molar-refractivity contribution < 1.29 is 0 Å². The Labute approximate surface area is 83.3 Å². The van der Waals surface area contributed by atoms with Crippen LogP contribution in [0.4, 0.5) is 0 Å². The molecular formula is C10H13ClN2. The standard InChI is InChI=1S/C10H13ClN2/c1-7(13-9-3-4-9)10-5-2-8(11)6-12-10/h2,5-7,9,13H,3-4H2,1H3. The van der Waals surface area contributed by atoms with Crippen molar-refractivity contribution in [3.05, 3.63) is 29.0 Å². The molecular weight excluding hydrogens is 184 g/mol. The van der Waals surface area contributed by atoms with Gasteiger partial charge in [-0.15, -0.1) is 0 Å². The number of pyridine rings is 1. The van der Waals surface area contributed by atoms with E-state index in [0.717, 1.165) is 5.69 Å². The van der Waals surface area contributed by atoms with E-state index in [0.29, 0.717) is 17.1 Å². The van der Waals surface area contributed by atoms with Crippen molar-refractivity contribution in [1.82, 2.24) is 10.3 Å². The minimum absolute atomic E-state index is 0.338. The van der Waals surface area contributed by atoms with E-state index in [1.54, 1.807) is 6.20 Å². The van der Waals surface area contributed by atoms with Crippen molar-refractivity contribution in [1.29, 1.82) is 0 Å². The van der Waals surface area contributed by atoms with Crippen LogP contribution < -0.4 is 5.32 Å². The molecule has 1 heterocycles. The van der Waals surface area contributed by atoms with Gasteiger partial charge < -0.3 is 5.32 Å². The van der Waals surface area contributed by atoms with Gasteiger partial charge in [-0.1, -0.05) is 11.6 Å². The fourth-order valence-corrected chi connectivity index (χ4v) is 1.44. The third-order valence-corrected chi connectivity index (χ3v) is 2.48. The average Bonchev–Trinajstić information content (AvgIpc) is 2.89. The van der Waals surface area contributed by atoms with Crippen LogP contribution in [-0.4, -0.2) is 11.0 Å². The van der Waals surface area contributed by atoms with Crippen LogP contribution in [0.2, 0.25) is 5.02 Å². The number of hydrogen-bond acceptors (Lipinski definition) is 2. The lowest BCUT2D eigenvalue weighted by molar-refractivity contribution is 0.558. The summed E-state index contributed by atoms with van der Waals surface area (Å²) in [6.45, 7) is 2.13. The summed E-state index contributed by atoms with van der Waals surface area (Å²) >= 11 is 5.75. The molecule has 1 aliphatic carbocycles. The predicted molar refractivity (Wildman–Crippen MR) is 53.8 cm³/mol. The lowest BCUT2D eigenvalue weighted by Crippen LogP contribution is -2.21. The number of nitrogens with one attached hydrogen (secondary N) is 1. The van der Waals surface area contributed by atoms with Crippen molar-refractivity contribution >= 4 is 11.6 Å². The van der Waals surface area contributed by atoms with Crippen molar-refractivity contribution in [3.8, 4) is 0 Å². The zero-order chi connectivity index (χ0) is 9.26. The van der Waals surface area contributed by atoms with E-state index >= 15 is 0 Å². The quantitative estimate of drug-likeness (QED) is 0.804. The van der Waals surface area contributed by atoms with Gasteiger partial charge in [0.1, 0.15) is 0 Å². The topological polar surface area (TPSA) is 24.9 Å². The third-order valence-electron chi connectivity index (χ3n) is 2.26. The Morgan fingerprint density at radius 3 is 2.85 bits per heavy atom. The monoisotopic (exact) mass is 196 g/mol. The van der Waals surface area contributed by atoms with Gasteiger partial charge in [0.05, 0.1) is 10.7 Å². The van der Waals surface area contributed by atoms with E-state index in [4.69, 9.17) is 11.6 Å². The predicted octanol–water partition coefficient (Wildman–Crippen LogP) is 2.55. The molecule has 2 rings (SSSR count). The maximum absolute atomic E-state index is 5.75. The fourth-order valence-electron chi connectivity index (χ4n) is 1.33. The smallest absolute Gasteiger partial charge is 0.0589 e. The third kappa shape index (κ3) is 2.42. The van der Waals surface area contributed by atoms with Crippen molar-refractivity contribution in [2.24, 2.45) is 0 Å². The van der Waals surface area contributed by atoms with Crippen LogP contribution >= 0.6 is 11.6 Å². The van der Waals surface area contributed by atoms with Crippen molar-refractivity contribution in [2.45, 2.75) is 31.8 Å². The molecule has 0 radical (unpaired) electrons. The molecule has 0 saturated heterocycles. The van der Waals surface area contributed by atoms with Crippen LogP contribution in [-0.2, 0) is 0 Å². The molecule has 1 aliphatic rings. The molecule has 3 heteroatoms. The minimum atomic E-state index is 0.338. The maximum atomic E-state index is 5.75. The van der Waals surface area contributed by atoms with Gasteiger partial charge >= 0.3 is 0 Å². The van der Waals surface area contributed by atoms with Gasteiger partial charge in [-0.2, -0.15) is 0 Å².